The van der Waals surface area contributed by atoms with E-state index < -0.39 is 15.7 Å². The number of hydrogen-bond acceptors (Lipinski definition) is 5. The number of amides is 1. The van der Waals surface area contributed by atoms with E-state index in [9.17, 15) is 13.2 Å². The Hall–Kier alpha value is -2.90. The van der Waals surface area contributed by atoms with Crippen molar-refractivity contribution < 1.29 is 17.9 Å². The number of pyridine rings is 1. The van der Waals surface area contributed by atoms with E-state index in [0.717, 1.165) is 6.26 Å². The second kappa shape index (κ2) is 8.00. The molecule has 2 aromatic carbocycles. The lowest BCUT2D eigenvalue weighted by atomic mass is 10.1. The summed E-state index contributed by atoms with van der Waals surface area (Å²) >= 11 is 5.84. The first-order valence-electron chi connectivity index (χ1n) is 8.24. The lowest BCUT2D eigenvalue weighted by Crippen LogP contribution is -2.14. The minimum Gasteiger partial charge on any atom is -0.439 e. The molecule has 1 N–H and O–H groups in total. The molecular formula is C20H17ClN2O4S. The van der Waals surface area contributed by atoms with Gasteiger partial charge in [-0.15, -0.1) is 0 Å². The molecule has 3 aromatic rings. The summed E-state index contributed by atoms with van der Waals surface area (Å²) in [6.45, 7) is 1.74. The lowest BCUT2D eigenvalue weighted by molar-refractivity contribution is 0.102. The molecule has 0 saturated carbocycles. The van der Waals surface area contributed by atoms with Crippen LogP contribution in [0.25, 0.3) is 0 Å². The molecule has 0 fully saturated rings. The molecule has 0 saturated heterocycles. The Labute approximate surface area is 168 Å². The van der Waals surface area contributed by atoms with Gasteiger partial charge in [-0.05, 0) is 55.0 Å². The molecule has 144 valence electrons. The van der Waals surface area contributed by atoms with E-state index in [0.29, 0.717) is 27.9 Å². The minimum atomic E-state index is -3.40. The fourth-order valence-corrected chi connectivity index (χ4v) is 3.19. The van der Waals surface area contributed by atoms with Crippen LogP contribution in [0.1, 0.15) is 15.9 Å². The van der Waals surface area contributed by atoms with Crippen LogP contribution in [0.5, 0.6) is 11.6 Å². The van der Waals surface area contributed by atoms with Gasteiger partial charge in [0.05, 0.1) is 16.8 Å². The predicted molar refractivity (Wildman–Crippen MR) is 108 cm³/mol. The van der Waals surface area contributed by atoms with Gasteiger partial charge in [-0.25, -0.2) is 13.4 Å². The van der Waals surface area contributed by atoms with E-state index in [-0.39, 0.29) is 10.5 Å². The zero-order valence-corrected chi connectivity index (χ0v) is 16.7. The lowest BCUT2D eigenvalue weighted by Gasteiger charge is -2.10. The van der Waals surface area contributed by atoms with Gasteiger partial charge in [0.15, 0.2) is 9.84 Å². The number of anilines is 1. The maximum absolute atomic E-state index is 12.5. The van der Waals surface area contributed by atoms with Crippen molar-refractivity contribution >= 4 is 33.0 Å². The maximum atomic E-state index is 12.5. The van der Waals surface area contributed by atoms with Crippen molar-refractivity contribution in [1.29, 1.82) is 0 Å². The molecule has 1 aromatic heterocycles. The Morgan fingerprint density at radius 3 is 2.39 bits per heavy atom. The zero-order chi connectivity index (χ0) is 20.3. The first-order chi connectivity index (χ1) is 13.2. The highest BCUT2D eigenvalue weighted by molar-refractivity contribution is 7.90. The number of carbonyl (C=O) groups excluding carboxylic acids is 1. The van der Waals surface area contributed by atoms with Gasteiger partial charge >= 0.3 is 0 Å². The van der Waals surface area contributed by atoms with Gasteiger partial charge < -0.3 is 10.1 Å². The molecule has 6 nitrogen and oxygen atoms in total. The van der Waals surface area contributed by atoms with Crippen LogP contribution in [-0.2, 0) is 9.84 Å². The van der Waals surface area contributed by atoms with Crippen molar-refractivity contribution in [3.63, 3.8) is 0 Å². The molecule has 28 heavy (non-hydrogen) atoms. The van der Waals surface area contributed by atoms with Crippen molar-refractivity contribution in [3.05, 3.63) is 76.9 Å². The maximum Gasteiger partial charge on any atom is 0.256 e. The molecule has 0 spiro atoms. The summed E-state index contributed by atoms with van der Waals surface area (Å²) in [5, 5.41) is 3.31. The van der Waals surface area contributed by atoms with Gasteiger partial charge in [0, 0.05) is 22.9 Å². The smallest absolute Gasteiger partial charge is 0.256 e. The Morgan fingerprint density at radius 1 is 1.07 bits per heavy atom. The number of aromatic nitrogens is 1. The summed E-state index contributed by atoms with van der Waals surface area (Å²) in [5.74, 6) is 0.522. The highest BCUT2D eigenvalue weighted by Crippen LogP contribution is 2.23. The molecule has 1 amide bonds. The number of nitrogens with one attached hydrogen (secondary N) is 1. The molecule has 0 aliphatic rings. The summed E-state index contributed by atoms with van der Waals surface area (Å²) in [4.78, 5) is 16.8. The second-order valence-corrected chi connectivity index (χ2v) is 8.60. The third-order valence-electron chi connectivity index (χ3n) is 3.91. The van der Waals surface area contributed by atoms with E-state index in [1.165, 1.54) is 18.3 Å². The van der Waals surface area contributed by atoms with Crippen LogP contribution in [0.2, 0.25) is 5.02 Å². The van der Waals surface area contributed by atoms with Crippen LogP contribution in [0.4, 0.5) is 5.69 Å². The highest BCUT2D eigenvalue weighted by Gasteiger charge is 2.15. The molecule has 0 aliphatic heterocycles. The van der Waals surface area contributed by atoms with Gasteiger partial charge in [-0.1, -0.05) is 17.7 Å². The van der Waals surface area contributed by atoms with Gasteiger partial charge in [-0.2, -0.15) is 0 Å². The van der Waals surface area contributed by atoms with Crippen LogP contribution < -0.4 is 10.1 Å². The van der Waals surface area contributed by atoms with Crippen molar-refractivity contribution in [2.45, 2.75) is 11.8 Å². The number of halogens is 1. The van der Waals surface area contributed by atoms with Gasteiger partial charge in [0.1, 0.15) is 5.75 Å². The summed E-state index contributed by atoms with van der Waals surface area (Å²) < 4.78 is 29.0. The molecule has 0 bridgehead atoms. The number of aryl methyl sites for hydroxylation is 1. The van der Waals surface area contributed by atoms with Gasteiger partial charge in [-0.3, -0.25) is 4.79 Å². The fraction of sp³-hybridized carbons (Fsp3) is 0.100. The number of benzene rings is 2. The number of hydrogen-bond donors (Lipinski definition) is 1. The van der Waals surface area contributed by atoms with Gasteiger partial charge in [0.25, 0.3) is 5.91 Å². The molecule has 0 atom stereocenters. The van der Waals surface area contributed by atoms with Crippen molar-refractivity contribution in [2.24, 2.45) is 0 Å². The standard InChI is InChI=1S/C20H17ClN2O4S/c1-13-3-9-17(28(2,25)26)11-18(13)20(24)23-15-6-10-19(22-12-15)27-16-7-4-14(21)5-8-16/h3-12H,1-2H3,(H,23,24). The Morgan fingerprint density at radius 2 is 1.79 bits per heavy atom. The van der Waals surface area contributed by atoms with Crippen LogP contribution in [-0.4, -0.2) is 25.6 Å². The molecular weight excluding hydrogens is 400 g/mol. The Balaban J connectivity index is 1.73. The monoisotopic (exact) mass is 416 g/mol. The third kappa shape index (κ3) is 4.88. The van der Waals surface area contributed by atoms with Crippen LogP contribution in [0.15, 0.2) is 65.7 Å². The molecule has 3 rings (SSSR count). The number of ether oxygens (including phenoxy) is 1. The number of nitrogens with zero attached hydrogens (tertiary/aromatic N) is 1. The average molecular weight is 417 g/mol. The first-order valence-corrected chi connectivity index (χ1v) is 10.5. The number of carbonyl (C=O) groups is 1. The third-order valence-corrected chi connectivity index (χ3v) is 5.27. The van der Waals surface area contributed by atoms with E-state index >= 15 is 0 Å². The normalized spacial score (nSPS) is 11.1. The number of sulfone groups is 1. The summed E-state index contributed by atoms with van der Waals surface area (Å²) in [5.41, 5.74) is 1.41. The molecule has 0 aliphatic carbocycles. The molecule has 0 unspecified atom stereocenters. The van der Waals surface area contributed by atoms with Crippen LogP contribution >= 0.6 is 11.6 Å². The Kier molecular flexibility index (Phi) is 5.67. The van der Waals surface area contributed by atoms with Crippen LogP contribution in [0, 0.1) is 6.92 Å². The SMILES string of the molecule is Cc1ccc(S(C)(=O)=O)cc1C(=O)Nc1ccc(Oc2ccc(Cl)cc2)nc1. The Bertz CT molecular complexity index is 1110. The van der Waals surface area contributed by atoms with E-state index in [2.05, 4.69) is 10.3 Å². The van der Waals surface area contributed by atoms with Crippen LogP contribution in [0.3, 0.4) is 0 Å². The second-order valence-electron chi connectivity index (χ2n) is 6.14. The minimum absolute atomic E-state index is 0.0908. The summed E-state index contributed by atoms with van der Waals surface area (Å²) in [6.07, 6.45) is 2.56. The fourth-order valence-electron chi connectivity index (χ4n) is 2.41. The quantitative estimate of drug-likeness (QED) is 0.662. The molecule has 0 radical (unpaired) electrons. The van der Waals surface area contributed by atoms with E-state index in [1.54, 1.807) is 49.4 Å². The molecule has 8 heteroatoms. The van der Waals surface area contributed by atoms with Crippen molar-refractivity contribution in [2.75, 3.05) is 11.6 Å². The number of rotatable bonds is 5. The average Bonchev–Trinajstić information content (AvgIpc) is 2.64. The first kappa shape index (κ1) is 19.9. The van der Waals surface area contributed by atoms with E-state index in [1.807, 2.05) is 0 Å². The summed E-state index contributed by atoms with van der Waals surface area (Å²) in [6, 6.07) is 14.6. The highest BCUT2D eigenvalue weighted by atomic mass is 35.5. The van der Waals surface area contributed by atoms with Crippen molar-refractivity contribution in [3.8, 4) is 11.6 Å². The van der Waals surface area contributed by atoms with E-state index in [4.69, 9.17) is 16.3 Å². The van der Waals surface area contributed by atoms with Gasteiger partial charge in [0.2, 0.25) is 5.88 Å². The zero-order valence-electron chi connectivity index (χ0n) is 15.1. The topological polar surface area (TPSA) is 85.4 Å². The predicted octanol–water partition coefficient (Wildman–Crippen LogP) is 4.49. The molecule has 1 heterocycles. The van der Waals surface area contributed by atoms with Crippen molar-refractivity contribution in [1.82, 2.24) is 4.98 Å². The summed E-state index contributed by atoms with van der Waals surface area (Å²) in [7, 11) is -3.40. The largest absolute Gasteiger partial charge is 0.439 e.